The minimum Gasteiger partial charge on any atom is -0.490 e. The van der Waals surface area contributed by atoms with Gasteiger partial charge in [-0.1, -0.05) is 23.7 Å². The van der Waals surface area contributed by atoms with Crippen LogP contribution >= 0.6 is 23.4 Å². The molecule has 2 N–H and O–H groups in total. The molecule has 2 aromatic rings. The molecule has 2 heterocycles. The molecular formula is C19H17ClN2O4S. The van der Waals surface area contributed by atoms with Gasteiger partial charge in [-0.25, -0.2) is 0 Å². The fraction of sp³-hybridized carbons (Fsp3) is 0.263. The maximum absolute atomic E-state index is 12.5. The smallest absolute Gasteiger partial charge is 0.238 e. The zero-order chi connectivity index (χ0) is 18.8. The predicted molar refractivity (Wildman–Crippen MR) is 105 cm³/mol. The van der Waals surface area contributed by atoms with Crippen molar-refractivity contribution in [2.24, 2.45) is 0 Å². The van der Waals surface area contributed by atoms with Crippen LogP contribution in [0.5, 0.6) is 11.5 Å². The van der Waals surface area contributed by atoms with E-state index >= 15 is 0 Å². The topological polar surface area (TPSA) is 76.7 Å². The first-order valence-corrected chi connectivity index (χ1v) is 9.81. The van der Waals surface area contributed by atoms with Gasteiger partial charge >= 0.3 is 0 Å². The van der Waals surface area contributed by atoms with Crippen molar-refractivity contribution < 1.29 is 19.1 Å². The number of halogens is 1. The molecule has 2 aliphatic heterocycles. The predicted octanol–water partition coefficient (Wildman–Crippen LogP) is 3.94. The lowest BCUT2D eigenvalue weighted by Crippen LogP contribution is -2.32. The van der Waals surface area contributed by atoms with Crippen LogP contribution in [0.2, 0.25) is 5.02 Å². The summed E-state index contributed by atoms with van der Waals surface area (Å²) in [4.78, 5) is 25.7. The van der Waals surface area contributed by atoms with E-state index < -0.39 is 5.25 Å². The van der Waals surface area contributed by atoms with Crippen molar-refractivity contribution in [2.75, 3.05) is 23.8 Å². The Kier molecular flexibility index (Phi) is 5.13. The molecular weight excluding hydrogens is 388 g/mol. The van der Waals surface area contributed by atoms with Crippen LogP contribution in [0, 0.1) is 0 Å². The van der Waals surface area contributed by atoms with Crippen LogP contribution in [-0.4, -0.2) is 30.3 Å². The summed E-state index contributed by atoms with van der Waals surface area (Å²) in [6.07, 6.45) is 0.819. The zero-order valence-corrected chi connectivity index (χ0v) is 15.9. The monoisotopic (exact) mass is 404 g/mol. The number of amides is 2. The molecule has 0 saturated carbocycles. The lowest BCUT2D eigenvalue weighted by atomic mass is 10.2. The quantitative estimate of drug-likeness (QED) is 0.810. The van der Waals surface area contributed by atoms with E-state index in [-0.39, 0.29) is 18.2 Å². The summed E-state index contributed by atoms with van der Waals surface area (Å²) >= 11 is 7.65. The average molecular weight is 405 g/mol. The van der Waals surface area contributed by atoms with E-state index in [2.05, 4.69) is 10.6 Å². The van der Waals surface area contributed by atoms with Gasteiger partial charge < -0.3 is 20.1 Å². The van der Waals surface area contributed by atoms with Crippen LogP contribution in [-0.2, 0) is 9.59 Å². The first-order valence-electron chi connectivity index (χ1n) is 8.56. The second kappa shape index (κ2) is 7.70. The number of thioether (sulfide) groups is 1. The third-order valence-corrected chi connectivity index (χ3v) is 5.78. The highest BCUT2D eigenvalue weighted by atomic mass is 35.5. The summed E-state index contributed by atoms with van der Waals surface area (Å²) in [5.74, 6) is 0.636. The van der Waals surface area contributed by atoms with Crippen molar-refractivity contribution in [3.8, 4) is 11.5 Å². The van der Waals surface area contributed by atoms with Crippen molar-refractivity contribution in [1.29, 1.82) is 0 Å². The van der Waals surface area contributed by atoms with Gasteiger partial charge in [-0.3, -0.25) is 9.59 Å². The van der Waals surface area contributed by atoms with Crippen LogP contribution < -0.4 is 20.1 Å². The minimum absolute atomic E-state index is 0.0373. The molecule has 27 heavy (non-hydrogen) atoms. The van der Waals surface area contributed by atoms with Gasteiger partial charge in [-0.2, -0.15) is 0 Å². The van der Waals surface area contributed by atoms with E-state index in [0.717, 1.165) is 17.0 Å². The van der Waals surface area contributed by atoms with Gasteiger partial charge in [0, 0.05) is 29.9 Å². The van der Waals surface area contributed by atoms with Crippen LogP contribution in [0.15, 0.2) is 41.3 Å². The number of para-hydroxylation sites is 1. The highest BCUT2D eigenvalue weighted by molar-refractivity contribution is 8.01. The number of benzene rings is 2. The highest BCUT2D eigenvalue weighted by Gasteiger charge is 2.29. The van der Waals surface area contributed by atoms with E-state index in [4.69, 9.17) is 21.1 Å². The molecule has 2 aromatic carbocycles. The molecule has 140 valence electrons. The van der Waals surface area contributed by atoms with Crippen LogP contribution in [0.25, 0.3) is 0 Å². The number of hydrogen-bond acceptors (Lipinski definition) is 5. The first-order chi connectivity index (χ1) is 13.1. The Balaban J connectivity index is 1.45. The molecule has 0 saturated heterocycles. The zero-order valence-electron chi connectivity index (χ0n) is 14.3. The third-order valence-electron chi connectivity index (χ3n) is 4.19. The molecule has 2 amide bonds. The van der Waals surface area contributed by atoms with Crippen LogP contribution in [0.3, 0.4) is 0 Å². The number of anilines is 2. The van der Waals surface area contributed by atoms with Gasteiger partial charge in [-0.15, -0.1) is 11.8 Å². The van der Waals surface area contributed by atoms with E-state index in [1.54, 1.807) is 12.1 Å². The molecule has 0 aromatic heterocycles. The average Bonchev–Trinajstić information content (AvgIpc) is 2.87. The molecule has 0 radical (unpaired) electrons. The number of fused-ring (bicyclic) bond motifs is 2. The molecule has 8 heteroatoms. The van der Waals surface area contributed by atoms with E-state index in [9.17, 15) is 9.59 Å². The fourth-order valence-electron chi connectivity index (χ4n) is 2.88. The summed E-state index contributed by atoms with van der Waals surface area (Å²) in [5.41, 5.74) is 1.21. The molecule has 0 fully saturated rings. The van der Waals surface area contributed by atoms with Crippen molar-refractivity contribution in [2.45, 2.75) is 23.0 Å². The van der Waals surface area contributed by atoms with Crippen LogP contribution in [0.1, 0.15) is 12.8 Å². The van der Waals surface area contributed by atoms with Gasteiger partial charge in [0.2, 0.25) is 11.8 Å². The van der Waals surface area contributed by atoms with Crippen LogP contribution in [0.4, 0.5) is 11.4 Å². The summed E-state index contributed by atoms with van der Waals surface area (Å²) in [5, 5.41) is 5.47. The number of nitrogens with one attached hydrogen (secondary N) is 2. The number of hydrogen-bond donors (Lipinski definition) is 2. The van der Waals surface area contributed by atoms with Crippen molar-refractivity contribution in [1.82, 2.24) is 0 Å². The number of ether oxygens (including phenoxy) is 2. The lowest BCUT2D eigenvalue weighted by molar-refractivity contribution is -0.120. The molecule has 6 nitrogen and oxygen atoms in total. The Hall–Kier alpha value is -2.38. The Morgan fingerprint density at radius 2 is 1.96 bits per heavy atom. The molecule has 1 atom stereocenters. The molecule has 0 bridgehead atoms. The summed E-state index contributed by atoms with van der Waals surface area (Å²) in [7, 11) is 0. The Morgan fingerprint density at radius 3 is 2.78 bits per heavy atom. The van der Waals surface area contributed by atoms with E-state index in [0.29, 0.717) is 35.4 Å². The normalized spacial score (nSPS) is 18.1. The summed E-state index contributed by atoms with van der Waals surface area (Å²) in [6.45, 7) is 1.10. The molecule has 0 aliphatic carbocycles. The Labute approximate surface area is 165 Å². The lowest BCUT2D eigenvalue weighted by Gasteiger charge is -2.23. The molecule has 2 aliphatic rings. The first kappa shape index (κ1) is 18.0. The van der Waals surface area contributed by atoms with Gasteiger partial charge in [0.1, 0.15) is 0 Å². The van der Waals surface area contributed by atoms with Gasteiger partial charge in [0.25, 0.3) is 0 Å². The number of rotatable bonds is 3. The van der Waals surface area contributed by atoms with Crippen molar-refractivity contribution in [3.05, 3.63) is 41.4 Å². The molecule has 0 unspecified atom stereocenters. The SMILES string of the molecule is O=C(C[C@@H]1Sc2ccccc2NC1=O)Nc1cc2c(cc1Cl)OCCCO2. The van der Waals surface area contributed by atoms with Gasteiger partial charge in [-0.05, 0) is 12.1 Å². The maximum Gasteiger partial charge on any atom is 0.238 e. The fourth-order valence-corrected chi connectivity index (χ4v) is 4.19. The maximum atomic E-state index is 12.5. The summed E-state index contributed by atoms with van der Waals surface area (Å²) in [6, 6.07) is 10.8. The minimum atomic E-state index is -0.501. The molecule has 4 rings (SSSR count). The third kappa shape index (κ3) is 3.99. The number of carbonyl (C=O) groups is 2. The van der Waals surface area contributed by atoms with E-state index in [1.807, 2.05) is 24.3 Å². The van der Waals surface area contributed by atoms with Crippen molar-refractivity contribution >= 4 is 46.6 Å². The Bertz CT molecular complexity index is 905. The van der Waals surface area contributed by atoms with E-state index in [1.165, 1.54) is 11.8 Å². The molecule has 0 spiro atoms. The second-order valence-corrected chi connectivity index (χ2v) is 7.83. The Morgan fingerprint density at radius 1 is 1.22 bits per heavy atom. The number of carbonyl (C=O) groups excluding carboxylic acids is 2. The van der Waals surface area contributed by atoms with Gasteiger partial charge in [0.05, 0.1) is 34.9 Å². The van der Waals surface area contributed by atoms with Gasteiger partial charge in [0.15, 0.2) is 11.5 Å². The standard InChI is InChI=1S/C19H17ClN2O4S/c20-11-8-14-15(26-7-3-6-25-14)9-13(11)21-18(23)10-17-19(24)22-12-4-1-2-5-16(12)27-17/h1-2,4-5,8-9,17H,3,6-7,10H2,(H,21,23)(H,22,24)/t17-/m0/s1. The highest BCUT2D eigenvalue weighted by Crippen LogP contribution is 2.39. The second-order valence-electron chi connectivity index (χ2n) is 6.17. The largest absolute Gasteiger partial charge is 0.490 e. The summed E-state index contributed by atoms with van der Waals surface area (Å²) < 4.78 is 11.2. The van der Waals surface area contributed by atoms with Crippen molar-refractivity contribution in [3.63, 3.8) is 0 Å².